The van der Waals surface area contributed by atoms with Crippen LogP contribution in [0.25, 0.3) is 16.9 Å². The Kier molecular flexibility index (Phi) is 6.85. The lowest BCUT2D eigenvalue weighted by atomic mass is 10.1. The van der Waals surface area contributed by atoms with Crippen LogP contribution in [0.3, 0.4) is 0 Å². The van der Waals surface area contributed by atoms with Crippen LogP contribution < -0.4 is 10.7 Å². The van der Waals surface area contributed by atoms with Crippen LogP contribution in [-0.4, -0.2) is 27.8 Å². The molecule has 4 rings (SSSR count). The van der Waals surface area contributed by atoms with Gasteiger partial charge in [-0.25, -0.2) is 10.1 Å². The minimum absolute atomic E-state index is 0.461. The summed E-state index contributed by atoms with van der Waals surface area (Å²) in [6, 6.07) is 22.7. The number of nitrogens with zero attached hydrogens (tertiary/aromatic N) is 3. The monoisotopic (exact) mass is 471 g/mol. The van der Waals surface area contributed by atoms with E-state index in [4.69, 9.17) is 16.7 Å². The van der Waals surface area contributed by atoms with Gasteiger partial charge in [-0.15, -0.1) is 0 Å². The summed E-state index contributed by atoms with van der Waals surface area (Å²) in [4.78, 5) is 24.5. The number of rotatable bonds is 5. The van der Waals surface area contributed by atoms with E-state index in [1.165, 1.54) is 6.21 Å². The molecule has 34 heavy (non-hydrogen) atoms. The van der Waals surface area contributed by atoms with Gasteiger partial charge in [0.15, 0.2) is 0 Å². The normalized spacial score (nSPS) is 10.9. The number of halogens is 1. The Morgan fingerprint density at radius 3 is 2.41 bits per heavy atom. The number of hydrazone groups is 1. The molecule has 3 aromatic carbocycles. The molecule has 0 saturated heterocycles. The molecule has 0 fully saturated rings. The molecule has 0 spiro atoms. The predicted octanol–water partition coefficient (Wildman–Crippen LogP) is 4.90. The van der Waals surface area contributed by atoms with Crippen molar-refractivity contribution in [1.82, 2.24) is 15.2 Å². The van der Waals surface area contributed by atoms with Gasteiger partial charge < -0.3 is 5.32 Å². The molecule has 1 aromatic heterocycles. The van der Waals surface area contributed by atoms with Crippen molar-refractivity contribution in [3.63, 3.8) is 0 Å². The minimum atomic E-state index is -0.900. The van der Waals surface area contributed by atoms with E-state index < -0.39 is 11.8 Å². The maximum atomic E-state index is 12.3. The number of nitrogens with one attached hydrogen (secondary N) is 2. The number of benzene rings is 3. The average molecular weight is 472 g/mol. The van der Waals surface area contributed by atoms with Crippen LogP contribution >= 0.6 is 11.6 Å². The van der Waals surface area contributed by atoms with Crippen LogP contribution in [0.5, 0.6) is 0 Å². The highest BCUT2D eigenvalue weighted by Gasteiger charge is 2.15. The third-order valence-electron chi connectivity index (χ3n) is 5.18. The zero-order chi connectivity index (χ0) is 24.1. The maximum absolute atomic E-state index is 12.3. The molecule has 0 radical (unpaired) electrons. The number of hydrogen-bond acceptors (Lipinski definition) is 4. The first-order chi connectivity index (χ1) is 16.4. The molecular formula is C26H22ClN5O2. The molecule has 0 saturated carbocycles. The Hall–Kier alpha value is -4.23. The van der Waals surface area contributed by atoms with Crippen LogP contribution in [-0.2, 0) is 9.59 Å². The van der Waals surface area contributed by atoms with Gasteiger partial charge in [-0.1, -0.05) is 65.7 Å². The predicted molar refractivity (Wildman–Crippen MR) is 134 cm³/mol. The third-order valence-corrected chi connectivity index (χ3v) is 5.59. The average Bonchev–Trinajstić information content (AvgIpc) is 3.27. The summed E-state index contributed by atoms with van der Waals surface area (Å²) in [5, 5.41) is 11.7. The van der Waals surface area contributed by atoms with Crippen LogP contribution in [0.1, 0.15) is 16.7 Å². The molecule has 0 bridgehead atoms. The van der Waals surface area contributed by atoms with Crippen molar-refractivity contribution in [3.8, 4) is 16.9 Å². The lowest BCUT2D eigenvalue weighted by Crippen LogP contribution is -2.32. The zero-order valence-corrected chi connectivity index (χ0v) is 19.4. The van der Waals surface area contributed by atoms with Crippen LogP contribution in [0.2, 0.25) is 5.02 Å². The largest absolute Gasteiger partial charge is 0.329 e. The van der Waals surface area contributed by atoms with Crippen molar-refractivity contribution in [3.05, 3.63) is 101 Å². The molecule has 2 amide bonds. The molecule has 4 aromatic rings. The zero-order valence-electron chi connectivity index (χ0n) is 18.6. The molecule has 7 nitrogen and oxygen atoms in total. The van der Waals surface area contributed by atoms with Crippen molar-refractivity contribution < 1.29 is 9.59 Å². The highest BCUT2D eigenvalue weighted by atomic mass is 35.5. The second-order valence-corrected chi connectivity index (χ2v) is 8.05. The first kappa shape index (κ1) is 22.9. The SMILES string of the molecule is Cc1ccc(-c2nn(-c3ccccc3)cc2C=NNC(=O)C(=O)Nc2cccc(Cl)c2C)cc1. The number of carbonyl (C=O) groups is 2. The standard InChI is InChI=1S/C26H22ClN5O2/c1-17-11-13-19(14-12-17)24-20(16-32(31-24)21-7-4-3-5-8-21)15-28-30-26(34)25(33)29-23-10-6-9-22(27)18(23)2/h3-16H,1-2H3,(H,29,33)(H,30,34). The highest BCUT2D eigenvalue weighted by Crippen LogP contribution is 2.24. The van der Waals surface area contributed by atoms with Gasteiger partial charge in [0.2, 0.25) is 0 Å². The number of para-hydroxylation sites is 1. The second kappa shape index (κ2) is 10.1. The fraction of sp³-hybridized carbons (Fsp3) is 0.0769. The molecule has 1 heterocycles. The summed E-state index contributed by atoms with van der Waals surface area (Å²) >= 11 is 6.07. The Morgan fingerprint density at radius 2 is 1.68 bits per heavy atom. The van der Waals surface area contributed by atoms with Crippen molar-refractivity contribution in [1.29, 1.82) is 0 Å². The Morgan fingerprint density at radius 1 is 0.941 bits per heavy atom. The summed E-state index contributed by atoms with van der Waals surface area (Å²) in [6.45, 7) is 3.77. The lowest BCUT2D eigenvalue weighted by molar-refractivity contribution is -0.136. The number of aromatic nitrogens is 2. The minimum Gasteiger partial charge on any atom is -0.317 e. The maximum Gasteiger partial charge on any atom is 0.329 e. The summed E-state index contributed by atoms with van der Waals surface area (Å²) < 4.78 is 1.74. The van der Waals surface area contributed by atoms with Gasteiger partial charge in [0.1, 0.15) is 5.69 Å². The van der Waals surface area contributed by atoms with Crippen LogP contribution in [0.4, 0.5) is 5.69 Å². The smallest absolute Gasteiger partial charge is 0.317 e. The topological polar surface area (TPSA) is 88.4 Å². The number of aryl methyl sites for hydroxylation is 1. The number of amides is 2. The molecule has 170 valence electrons. The summed E-state index contributed by atoms with van der Waals surface area (Å²) in [5.41, 5.74) is 7.70. The molecule has 0 atom stereocenters. The lowest BCUT2D eigenvalue weighted by Gasteiger charge is -2.08. The number of hydrogen-bond donors (Lipinski definition) is 2. The van der Waals surface area contributed by atoms with Crippen molar-refractivity contribution >= 4 is 35.3 Å². The molecule has 2 N–H and O–H groups in total. The fourth-order valence-electron chi connectivity index (χ4n) is 3.26. The molecular weight excluding hydrogens is 450 g/mol. The third kappa shape index (κ3) is 5.22. The van der Waals surface area contributed by atoms with Gasteiger partial charge in [-0.05, 0) is 43.7 Å². The number of carbonyl (C=O) groups excluding carboxylic acids is 2. The summed E-state index contributed by atoms with van der Waals surface area (Å²) in [6.07, 6.45) is 3.28. The van der Waals surface area contributed by atoms with E-state index in [9.17, 15) is 9.59 Å². The molecule has 0 unspecified atom stereocenters. The summed E-state index contributed by atoms with van der Waals surface area (Å²) in [5.74, 6) is -1.75. The van der Waals surface area contributed by atoms with Gasteiger partial charge in [-0.2, -0.15) is 10.2 Å². The van der Waals surface area contributed by atoms with E-state index in [0.29, 0.717) is 27.5 Å². The van der Waals surface area contributed by atoms with E-state index in [1.807, 2.05) is 67.7 Å². The molecule has 8 heteroatoms. The Bertz CT molecular complexity index is 1360. The quantitative estimate of drug-likeness (QED) is 0.246. The van der Waals surface area contributed by atoms with E-state index in [0.717, 1.165) is 16.8 Å². The molecule has 0 aliphatic rings. The van der Waals surface area contributed by atoms with E-state index in [1.54, 1.807) is 29.8 Å². The molecule has 0 aliphatic carbocycles. The van der Waals surface area contributed by atoms with E-state index >= 15 is 0 Å². The van der Waals surface area contributed by atoms with E-state index in [2.05, 4.69) is 15.8 Å². The van der Waals surface area contributed by atoms with Gasteiger partial charge in [-0.3, -0.25) is 9.59 Å². The van der Waals surface area contributed by atoms with Gasteiger partial charge >= 0.3 is 11.8 Å². The van der Waals surface area contributed by atoms with Crippen molar-refractivity contribution in [2.24, 2.45) is 5.10 Å². The second-order valence-electron chi connectivity index (χ2n) is 7.64. The first-order valence-electron chi connectivity index (χ1n) is 10.5. The van der Waals surface area contributed by atoms with Gasteiger partial charge in [0.25, 0.3) is 0 Å². The van der Waals surface area contributed by atoms with E-state index in [-0.39, 0.29) is 0 Å². The summed E-state index contributed by atoms with van der Waals surface area (Å²) in [7, 11) is 0. The van der Waals surface area contributed by atoms with Gasteiger partial charge in [0, 0.05) is 28.0 Å². The van der Waals surface area contributed by atoms with Crippen molar-refractivity contribution in [2.75, 3.05) is 5.32 Å². The Labute approximate surface area is 202 Å². The van der Waals surface area contributed by atoms with Crippen molar-refractivity contribution in [2.45, 2.75) is 13.8 Å². The van der Waals surface area contributed by atoms with Crippen LogP contribution in [0.15, 0.2) is 84.1 Å². The fourth-order valence-corrected chi connectivity index (χ4v) is 3.44. The molecule has 0 aliphatic heterocycles. The number of anilines is 1. The van der Waals surface area contributed by atoms with Gasteiger partial charge in [0.05, 0.1) is 11.9 Å². The van der Waals surface area contributed by atoms with Crippen LogP contribution in [0, 0.1) is 13.8 Å². The highest BCUT2D eigenvalue weighted by molar-refractivity contribution is 6.40. The Balaban J connectivity index is 1.54. The first-order valence-corrected chi connectivity index (χ1v) is 10.9.